The van der Waals surface area contributed by atoms with Crippen molar-refractivity contribution in [2.24, 2.45) is 0 Å². The van der Waals surface area contributed by atoms with Gasteiger partial charge in [-0.25, -0.2) is 0 Å². The van der Waals surface area contributed by atoms with E-state index in [1.807, 2.05) is 38.1 Å². The van der Waals surface area contributed by atoms with Crippen molar-refractivity contribution in [1.82, 2.24) is 0 Å². The summed E-state index contributed by atoms with van der Waals surface area (Å²) in [5.41, 5.74) is 3.24. The van der Waals surface area contributed by atoms with Crippen molar-refractivity contribution >= 4 is 11.6 Å². The van der Waals surface area contributed by atoms with E-state index < -0.39 is 0 Å². The fourth-order valence-electron chi connectivity index (χ4n) is 1.53. The number of furan rings is 1. The first-order valence-electron chi connectivity index (χ1n) is 4.49. The van der Waals surface area contributed by atoms with Gasteiger partial charge in [-0.05, 0) is 49.2 Å². The van der Waals surface area contributed by atoms with Gasteiger partial charge < -0.3 is 4.42 Å². The Balaban J connectivity index is 2.57. The first-order chi connectivity index (χ1) is 6.68. The minimum absolute atomic E-state index is 0.834. The van der Waals surface area contributed by atoms with Crippen molar-refractivity contribution in [3.05, 3.63) is 46.7 Å². The van der Waals surface area contributed by atoms with Crippen LogP contribution in [0.15, 0.2) is 34.9 Å². The molecule has 72 valence electrons. The van der Waals surface area contributed by atoms with Crippen molar-refractivity contribution < 1.29 is 4.42 Å². The van der Waals surface area contributed by atoms with Gasteiger partial charge in [-0.2, -0.15) is 0 Å². The zero-order valence-electron chi connectivity index (χ0n) is 8.17. The largest absolute Gasteiger partial charge is 0.464 e. The van der Waals surface area contributed by atoms with Crippen LogP contribution >= 0.6 is 11.6 Å². The average Bonchev–Trinajstić information content (AvgIpc) is 2.66. The van der Waals surface area contributed by atoms with Gasteiger partial charge in [0.1, 0.15) is 5.76 Å². The molecule has 0 amide bonds. The van der Waals surface area contributed by atoms with Crippen LogP contribution in [0.1, 0.15) is 11.1 Å². The Bertz CT molecular complexity index is 420. The Hall–Kier alpha value is -1.21. The molecule has 0 fully saturated rings. The highest BCUT2D eigenvalue weighted by Gasteiger charge is 2.05. The average molecular weight is 207 g/mol. The van der Waals surface area contributed by atoms with Crippen LogP contribution in [0.2, 0.25) is 5.02 Å². The van der Waals surface area contributed by atoms with Crippen LogP contribution in [0.3, 0.4) is 0 Å². The molecule has 2 rings (SSSR count). The van der Waals surface area contributed by atoms with E-state index >= 15 is 0 Å². The highest BCUT2D eigenvalue weighted by molar-refractivity contribution is 6.32. The molecule has 1 aromatic heterocycles. The molecule has 14 heavy (non-hydrogen) atoms. The molecule has 0 saturated carbocycles. The normalized spacial score (nSPS) is 10.5. The van der Waals surface area contributed by atoms with Crippen LogP contribution in [0.4, 0.5) is 0 Å². The molecular weight excluding hydrogens is 196 g/mol. The lowest BCUT2D eigenvalue weighted by molar-refractivity contribution is 0.582. The molecule has 2 heteroatoms. The summed E-state index contributed by atoms with van der Waals surface area (Å²) < 4.78 is 5.33. The van der Waals surface area contributed by atoms with Gasteiger partial charge in [-0.3, -0.25) is 0 Å². The molecule has 1 nitrogen and oxygen atoms in total. The van der Waals surface area contributed by atoms with Crippen LogP contribution in [-0.2, 0) is 0 Å². The maximum atomic E-state index is 6.08. The van der Waals surface area contributed by atoms with Gasteiger partial charge in [0.15, 0.2) is 0 Å². The summed E-state index contributed by atoms with van der Waals surface area (Å²) in [6.45, 7) is 4.00. The molecule has 0 atom stereocenters. The third-order valence-electron chi connectivity index (χ3n) is 2.24. The summed E-state index contributed by atoms with van der Waals surface area (Å²) >= 11 is 6.08. The lowest BCUT2D eigenvalue weighted by atomic mass is 10.1. The van der Waals surface area contributed by atoms with E-state index in [-0.39, 0.29) is 0 Å². The third-order valence-corrected chi connectivity index (χ3v) is 2.84. The zero-order valence-corrected chi connectivity index (χ0v) is 8.93. The molecule has 0 unspecified atom stereocenters. The number of rotatable bonds is 1. The Morgan fingerprint density at radius 1 is 1.14 bits per heavy atom. The topological polar surface area (TPSA) is 13.1 Å². The SMILES string of the molecule is Cc1cc(-c2ccco2)cc(C)c1Cl. The summed E-state index contributed by atoms with van der Waals surface area (Å²) in [7, 11) is 0. The quantitative estimate of drug-likeness (QED) is 0.681. The Kier molecular flexibility index (Phi) is 2.34. The smallest absolute Gasteiger partial charge is 0.133 e. The molecular formula is C12H11ClO. The van der Waals surface area contributed by atoms with Crippen molar-refractivity contribution in [1.29, 1.82) is 0 Å². The van der Waals surface area contributed by atoms with Gasteiger partial charge in [-0.15, -0.1) is 0 Å². The van der Waals surface area contributed by atoms with Gasteiger partial charge in [0, 0.05) is 10.6 Å². The minimum atomic E-state index is 0.834. The molecule has 0 radical (unpaired) electrons. The first-order valence-corrected chi connectivity index (χ1v) is 4.87. The predicted molar refractivity (Wildman–Crippen MR) is 58.6 cm³/mol. The van der Waals surface area contributed by atoms with Gasteiger partial charge in [0.2, 0.25) is 0 Å². The molecule has 0 spiro atoms. The van der Waals surface area contributed by atoms with Crippen molar-refractivity contribution in [3.8, 4) is 11.3 Å². The van der Waals surface area contributed by atoms with Crippen LogP contribution in [0, 0.1) is 13.8 Å². The van der Waals surface area contributed by atoms with Crippen molar-refractivity contribution in [3.63, 3.8) is 0 Å². The molecule has 0 aliphatic carbocycles. The zero-order chi connectivity index (χ0) is 10.1. The Morgan fingerprint density at radius 2 is 1.79 bits per heavy atom. The van der Waals surface area contributed by atoms with Gasteiger partial charge in [0.05, 0.1) is 6.26 Å². The highest BCUT2D eigenvalue weighted by atomic mass is 35.5. The van der Waals surface area contributed by atoms with Crippen LogP contribution in [-0.4, -0.2) is 0 Å². The summed E-state index contributed by atoms with van der Waals surface area (Å²) in [5, 5.41) is 0.834. The van der Waals surface area contributed by atoms with E-state index in [9.17, 15) is 0 Å². The monoisotopic (exact) mass is 206 g/mol. The molecule has 0 aliphatic heterocycles. The standard InChI is InChI=1S/C12H11ClO/c1-8-6-10(7-9(2)12(8)13)11-4-3-5-14-11/h3-7H,1-2H3. The molecule has 0 N–H and O–H groups in total. The first kappa shape index (κ1) is 9.35. The highest BCUT2D eigenvalue weighted by Crippen LogP contribution is 2.28. The predicted octanol–water partition coefficient (Wildman–Crippen LogP) is 4.22. The second-order valence-corrected chi connectivity index (χ2v) is 3.78. The number of hydrogen-bond donors (Lipinski definition) is 0. The molecule has 0 saturated heterocycles. The minimum Gasteiger partial charge on any atom is -0.464 e. The summed E-state index contributed by atoms with van der Waals surface area (Å²) in [6, 6.07) is 7.90. The van der Waals surface area contributed by atoms with E-state index in [1.165, 1.54) is 0 Å². The van der Waals surface area contributed by atoms with Gasteiger partial charge in [-0.1, -0.05) is 11.6 Å². The Labute approximate surface area is 88.3 Å². The Morgan fingerprint density at radius 3 is 2.29 bits per heavy atom. The maximum Gasteiger partial charge on any atom is 0.133 e. The maximum absolute atomic E-state index is 6.08. The fraction of sp³-hybridized carbons (Fsp3) is 0.167. The van der Waals surface area contributed by atoms with Crippen molar-refractivity contribution in [2.75, 3.05) is 0 Å². The number of hydrogen-bond acceptors (Lipinski definition) is 1. The molecule has 1 aromatic carbocycles. The third kappa shape index (κ3) is 1.55. The van der Waals surface area contributed by atoms with Gasteiger partial charge >= 0.3 is 0 Å². The van der Waals surface area contributed by atoms with E-state index in [1.54, 1.807) is 6.26 Å². The summed E-state index contributed by atoms with van der Waals surface area (Å²) in [4.78, 5) is 0. The summed E-state index contributed by atoms with van der Waals surface area (Å²) in [5.74, 6) is 0.882. The lowest BCUT2D eigenvalue weighted by Gasteiger charge is -2.05. The number of halogens is 1. The van der Waals surface area contributed by atoms with Crippen LogP contribution < -0.4 is 0 Å². The molecule has 0 bridgehead atoms. The molecule has 0 aliphatic rings. The molecule has 2 aromatic rings. The van der Waals surface area contributed by atoms with Crippen LogP contribution in [0.25, 0.3) is 11.3 Å². The van der Waals surface area contributed by atoms with Crippen LogP contribution in [0.5, 0.6) is 0 Å². The van der Waals surface area contributed by atoms with Crippen molar-refractivity contribution in [2.45, 2.75) is 13.8 Å². The van der Waals surface area contributed by atoms with E-state index in [0.717, 1.165) is 27.5 Å². The van der Waals surface area contributed by atoms with E-state index in [0.29, 0.717) is 0 Å². The fourth-order valence-corrected chi connectivity index (χ4v) is 1.64. The second-order valence-electron chi connectivity index (χ2n) is 3.40. The van der Waals surface area contributed by atoms with E-state index in [2.05, 4.69) is 0 Å². The van der Waals surface area contributed by atoms with Gasteiger partial charge in [0.25, 0.3) is 0 Å². The lowest BCUT2D eigenvalue weighted by Crippen LogP contribution is -1.83. The summed E-state index contributed by atoms with van der Waals surface area (Å²) in [6.07, 6.45) is 1.68. The second kappa shape index (κ2) is 3.50. The molecule has 1 heterocycles. The number of benzene rings is 1. The number of aryl methyl sites for hydroxylation is 2. The van der Waals surface area contributed by atoms with E-state index in [4.69, 9.17) is 16.0 Å².